The van der Waals surface area contributed by atoms with Gasteiger partial charge in [0.25, 0.3) is 0 Å². The summed E-state index contributed by atoms with van der Waals surface area (Å²) in [7, 11) is 0. The van der Waals surface area contributed by atoms with Crippen LogP contribution in [0.15, 0.2) is 18.2 Å². The molecule has 0 spiro atoms. The molecule has 6 nitrogen and oxygen atoms in total. The zero-order chi connectivity index (χ0) is 14.8. The first-order valence-corrected chi connectivity index (χ1v) is 7.15. The number of nitrogens with zero attached hydrogens (tertiary/aromatic N) is 1. The SMILES string of the molecule is CCCN1C(=O)CC(NCc2ccc3c(c2)OCO3)C1=O. The van der Waals surface area contributed by atoms with E-state index in [0.29, 0.717) is 13.1 Å². The van der Waals surface area contributed by atoms with Crippen LogP contribution in [0, 0.1) is 0 Å². The average molecular weight is 290 g/mol. The summed E-state index contributed by atoms with van der Waals surface area (Å²) in [5.74, 6) is 1.24. The molecule has 1 saturated heterocycles. The maximum Gasteiger partial charge on any atom is 0.246 e. The number of nitrogens with one attached hydrogen (secondary N) is 1. The van der Waals surface area contributed by atoms with E-state index < -0.39 is 6.04 Å². The summed E-state index contributed by atoms with van der Waals surface area (Å²) in [6.45, 7) is 3.21. The Morgan fingerprint density at radius 2 is 2.10 bits per heavy atom. The Balaban J connectivity index is 1.60. The van der Waals surface area contributed by atoms with E-state index in [9.17, 15) is 9.59 Å². The summed E-state index contributed by atoms with van der Waals surface area (Å²) in [5.41, 5.74) is 0.994. The minimum atomic E-state index is -0.422. The number of fused-ring (bicyclic) bond motifs is 1. The fraction of sp³-hybridized carbons (Fsp3) is 0.467. The highest BCUT2D eigenvalue weighted by Gasteiger charge is 2.37. The molecule has 1 unspecified atom stereocenters. The highest BCUT2D eigenvalue weighted by atomic mass is 16.7. The van der Waals surface area contributed by atoms with Crippen molar-refractivity contribution in [2.24, 2.45) is 0 Å². The van der Waals surface area contributed by atoms with Crippen molar-refractivity contribution < 1.29 is 19.1 Å². The van der Waals surface area contributed by atoms with Crippen LogP contribution in [0.25, 0.3) is 0 Å². The van der Waals surface area contributed by atoms with Gasteiger partial charge in [-0.1, -0.05) is 13.0 Å². The van der Waals surface area contributed by atoms with Crippen LogP contribution in [-0.4, -0.2) is 36.1 Å². The van der Waals surface area contributed by atoms with Gasteiger partial charge < -0.3 is 14.8 Å². The van der Waals surface area contributed by atoms with Gasteiger partial charge in [0.15, 0.2) is 11.5 Å². The van der Waals surface area contributed by atoms with E-state index in [1.807, 2.05) is 25.1 Å². The minimum Gasteiger partial charge on any atom is -0.454 e. The van der Waals surface area contributed by atoms with Crippen LogP contribution >= 0.6 is 0 Å². The minimum absolute atomic E-state index is 0.0926. The van der Waals surface area contributed by atoms with Crippen LogP contribution in [0.4, 0.5) is 0 Å². The molecule has 0 aliphatic carbocycles. The van der Waals surface area contributed by atoms with Crippen molar-refractivity contribution in [3.8, 4) is 11.5 Å². The smallest absolute Gasteiger partial charge is 0.246 e. The molecule has 1 aromatic rings. The lowest BCUT2D eigenvalue weighted by Gasteiger charge is -2.14. The lowest BCUT2D eigenvalue weighted by molar-refractivity contribution is -0.138. The number of benzene rings is 1. The molecular weight excluding hydrogens is 272 g/mol. The molecule has 1 N–H and O–H groups in total. The topological polar surface area (TPSA) is 67.9 Å². The van der Waals surface area contributed by atoms with Gasteiger partial charge in [-0.2, -0.15) is 0 Å². The molecule has 0 aromatic heterocycles. The molecule has 2 amide bonds. The summed E-state index contributed by atoms with van der Waals surface area (Å²) < 4.78 is 10.6. The van der Waals surface area contributed by atoms with Gasteiger partial charge >= 0.3 is 0 Å². The third-order valence-electron chi connectivity index (χ3n) is 3.68. The van der Waals surface area contributed by atoms with Crippen molar-refractivity contribution in [2.75, 3.05) is 13.3 Å². The third-order valence-corrected chi connectivity index (χ3v) is 3.68. The molecule has 21 heavy (non-hydrogen) atoms. The van der Waals surface area contributed by atoms with Crippen LogP contribution in [0.3, 0.4) is 0 Å². The van der Waals surface area contributed by atoms with Gasteiger partial charge in [-0.25, -0.2) is 0 Å². The van der Waals surface area contributed by atoms with Gasteiger partial charge in [-0.3, -0.25) is 14.5 Å². The third kappa shape index (κ3) is 2.71. The Hall–Kier alpha value is -2.08. The molecule has 2 aliphatic rings. The maximum absolute atomic E-state index is 12.1. The zero-order valence-electron chi connectivity index (χ0n) is 11.9. The largest absolute Gasteiger partial charge is 0.454 e. The van der Waals surface area contributed by atoms with Gasteiger partial charge in [-0.15, -0.1) is 0 Å². The fourth-order valence-corrected chi connectivity index (χ4v) is 2.59. The number of likely N-dealkylation sites (tertiary alicyclic amines) is 1. The Kier molecular flexibility index (Phi) is 3.79. The van der Waals surface area contributed by atoms with Crippen molar-refractivity contribution >= 4 is 11.8 Å². The molecule has 1 fully saturated rings. The summed E-state index contributed by atoms with van der Waals surface area (Å²) in [5, 5.41) is 3.15. The van der Waals surface area contributed by atoms with Gasteiger partial charge in [0.2, 0.25) is 18.6 Å². The van der Waals surface area contributed by atoms with Gasteiger partial charge in [0.1, 0.15) is 0 Å². The van der Waals surface area contributed by atoms with Gasteiger partial charge in [0.05, 0.1) is 12.5 Å². The van der Waals surface area contributed by atoms with Crippen LogP contribution < -0.4 is 14.8 Å². The zero-order valence-corrected chi connectivity index (χ0v) is 11.9. The first kappa shape index (κ1) is 13.9. The second kappa shape index (κ2) is 5.73. The van der Waals surface area contributed by atoms with Gasteiger partial charge in [-0.05, 0) is 24.1 Å². The van der Waals surface area contributed by atoms with E-state index in [2.05, 4.69) is 5.32 Å². The lowest BCUT2D eigenvalue weighted by atomic mass is 10.1. The van der Waals surface area contributed by atoms with Crippen LogP contribution in [0.1, 0.15) is 25.3 Å². The molecule has 0 saturated carbocycles. The number of carbonyl (C=O) groups is 2. The van der Waals surface area contributed by atoms with E-state index in [1.165, 1.54) is 4.90 Å². The van der Waals surface area contributed by atoms with Crippen molar-refractivity contribution in [1.82, 2.24) is 10.2 Å². The van der Waals surface area contributed by atoms with E-state index in [1.54, 1.807) is 0 Å². The second-order valence-electron chi connectivity index (χ2n) is 5.21. The number of rotatable bonds is 5. The fourth-order valence-electron chi connectivity index (χ4n) is 2.59. The summed E-state index contributed by atoms with van der Waals surface area (Å²) in [4.78, 5) is 25.2. The van der Waals surface area contributed by atoms with E-state index in [-0.39, 0.29) is 25.0 Å². The molecule has 112 valence electrons. The summed E-state index contributed by atoms with van der Waals surface area (Å²) in [6.07, 6.45) is 1.02. The lowest BCUT2D eigenvalue weighted by Crippen LogP contribution is -2.38. The van der Waals surface area contributed by atoms with Crippen molar-refractivity contribution in [3.05, 3.63) is 23.8 Å². The second-order valence-corrected chi connectivity index (χ2v) is 5.21. The molecule has 2 heterocycles. The number of carbonyl (C=O) groups excluding carboxylic acids is 2. The number of hydrogen-bond acceptors (Lipinski definition) is 5. The van der Waals surface area contributed by atoms with Crippen molar-refractivity contribution in [3.63, 3.8) is 0 Å². The quantitative estimate of drug-likeness (QED) is 0.821. The maximum atomic E-state index is 12.1. The average Bonchev–Trinajstić information content (AvgIpc) is 3.04. The molecule has 6 heteroatoms. The van der Waals surface area contributed by atoms with Crippen LogP contribution in [-0.2, 0) is 16.1 Å². The molecular formula is C15H18N2O4. The predicted molar refractivity (Wildman–Crippen MR) is 74.8 cm³/mol. The molecule has 0 radical (unpaired) electrons. The standard InChI is InChI=1S/C15H18N2O4/c1-2-5-17-14(18)7-11(15(17)19)16-8-10-3-4-12-13(6-10)21-9-20-12/h3-4,6,11,16H,2,5,7-9H2,1H3. The number of imide groups is 1. The monoisotopic (exact) mass is 290 g/mol. The van der Waals surface area contributed by atoms with Crippen molar-refractivity contribution in [2.45, 2.75) is 32.4 Å². The Labute approximate surface area is 123 Å². The molecule has 3 rings (SSSR count). The Morgan fingerprint density at radius 1 is 1.29 bits per heavy atom. The normalized spacial score (nSPS) is 20.4. The summed E-state index contributed by atoms with van der Waals surface area (Å²) in [6, 6.07) is 5.24. The van der Waals surface area contributed by atoms with Crippen LogP contribution in [0.2, 0.25) is 0 Å². The number of ether oxygens (including phenoxy) is 2. The number of hydrogen-bond donors (Lipinski definition) is 1. The highest BCUT2D eigenvalue weighted by molar-refractivity contribution is 6.05. The molecule has 0 bridgehead atoms. The predicted octanol–water partition coefficient (Wildman–Crippen LogP) is 1.04. The molecule has 2 aliphatic heterocycles. The summed E-state index contributed by atoms with van der Waals surface area (Å²) >= 11 is 0. The van der Waals surface area contributed by atoms with E-state index in [4.69, 9.17) is 9.47 Å². The molecule has 1 aromatic carbocycles. The Bertz CT molecular complexity index is 573. The Morgan fingerprint density at radius 3 is 2.90 bits per heavy atom. The highest BCUT2D eigenvalue weighted by Crippen LogP contribution is 2.32. The van der Waals surface area contributed by atoms with Crippen LogP contribution in [0.5, 0.6) is 11.5 Å². The first-order valence-electron chi connectivity index (χ1n) is 7.15. The van der Waals surface area contributed by atoms with E-state index in [0.717, 1.165) is 23.5 Å². The first-order chi connectivity index (χ1) is 10.2. The van der Waals surface area contributed by atoms with Gasteiger partial charge in [0, 0.05) is 13.1 Å². The molecule has 1 atom stereocenters. The van der Waals surface area contributed by atoms with Crippen molar-refractivity contribution in [1.29, 1.82) is 0 Å². The number of amides is 2. The van der Waals surface area contributed by atoms with E-state index >= 15 is 0 Å².